The summed E-state index contributed by atoms with van der Waals surface area (Å²) in [7, 11) is 0. The summed E-state index contributed by atoms with van der Waals surface area (Å²) in [6, 6.07) is 8.93. The van der Waals surface area contributed by atoms with Crippen molar-refractivity contribution in [2.45, 2.75) is 69.4 Å². The van der Waals surface area contributed by atoms with Crippen LogP contribution in [0.3, 0.4) is 0 Å². The van der Waals surface area contributed by atoms with Gasteiger partial charge in [-0.3, -0.25) is 9.59 Å². The molecule has 1 aliphatic carbocycles. The van der Waals surface area contributed by atoms with Gasteiger partial charge in [0.05, 0.1) is 22.6 Å². The summed E-state index contributed by atoms with van der Waals surface area (Å²) in [6.45, 7) is 2.76. The zero-order valence-electron chi connectivity index (χ0n) is 19.2. The Morgan fingerprint density at radius 1 is 0.914 bits per heavy atom. The first-order valence-electron chi connectivity index (χ1n) is 11.2. The Balaban J connectivity index is 1.92. The number of benzene rings is 2. The summed E-state index contributed by atoms with van der Waals surface area (Å²) in [5.41, 5.74) is -3.49. The summed E-state index contributed by atoms with van der Waals surface area (Å²) in [6.07, 6.45) is -8.25. The smallest absolute Gasteiger partial charge is 0.354 e. The molecule has 0 saturated heterocycles. The Kier molecular flexibility index (Phi) is 7.52. The van der Waals surface area contributed by atoms with Crippen molar-refractivity contribution in [3.63, 3.8) is 0 Å². The topological polar surface area (TPSA) is 58.2 Å². The number of nitrogens with one attached hydrogen (secondary N) is 2. The Hall–Kier alpha value is -3.04. The molecule has 1 atom stereocenters. The summed E-state index contributed by atoms with van der Waals surface area (Å²) >= 11 is 0. The molecule has 2 amide bonds. The molecule has 2 aromatic carbocycles. The van der Waals surface area contributed by atoms with E-state index in [4.69, 9.17) is 0 Å². The molecule has 0 heterocycles. The number of hydrogen-bond donors (Lipinski definition) is 2. The van der Waals surface area contributed by atoms with Gasteiger partial charge in [0.25, 0.3) is 0 Å². The minimum Gasteiger partial charge on any atom is -0.354 e. The fourth-order valence-corrected chi connectivity index (χ4v) is 4.59. The predicted octanol–water partition coefficient (Wildman–Crippen LogP) is 5.92. The first-order valence-corrected chi connectivity index (χ1v) is 11.2. The SMILES string of the molecule is CC(=O)NC1CCC(C(=O)NC(C)c2cc(C(F)(F)F)cc(C(F)(F)F)c2)(c2ccccc2)CC1. The number of hydrogen-bond acceptors (Lipinski definition) is 2. The van der Waals surface area contributed by atoms with Crippen LogP contribution in [0.2, 0.25) is 0 Å². The minimum absolute atomic E-state index is 0.0623. The highest BCUT2D eigenvalue weighted by molar-refractivity contribution is 5.88. The van der Waals surface area contributed by atoms with Crippen LogP contribution in [0.5, 0.6) is 0 Å². The lowest BCUT2D eigenvalue weighted by Crippen LogP contribution is -2.50. The monoisotopic (exact) mass is 500 g/mol. The van der Waals surface area contributed by atoms with Crippen LogP contribution in [-0.2, 0) is 27.4 Å². The lowest BCUT2D eigenvalue weighted by Gasteiger charge is -2.40. The van der Waals surface area contributed by atoms with Gasteiger partial charge < -0.3 is 10.6 Å². The molecule has 0 bridgehead atoms. The molecule has 0 radical (unpaired) electrons. The summed E-state index contributed by atoms with van der Waals surface area (Å²) in [5.74, 6) is -0.672. The van der Waals surface area contributed by atoms with E-state index in [-0.39, 0.29) is 23.6 Å². The average Bonchev–Trinajstić information content (AvgIpc) is 2.78. The Morgan fingerprint density at radius 2 is 1.43 bits per heavy atom. The summed E-state index contributed by atoms with van der Waals surface area (Å²) < 4.78 is 79.7. The molecule has 1 saturated carbocycles. The van der Waals surface area contributed by atoms with E-state index in [0.29, 0.717) is 43.4 Å². The van der Waals surface area contributed by atoms with Crippen LogP contribution in [0.25, 0.3) is 0 Å². The first-order chi connectivity index (χ1) is 16.2. The Bertz CT molecular complexity index is 1030. The van der Waals surface area contributed by atoms with Crippen LogP contribution in [-0.4, -0.2) is 17.9 Å². The summed E-state index contributed by atoms with van der Waals surface area (Å²) in [5, 5.41) is 5.49. The van der Waals surface area contributed by atoms with Crippen LogP contribution < -0.4 is 10.6 Å². The highest BCUT2D eigenvalue weighted by Gasteiger charge is 2.44. The van der Waals surface area contributed by atoms with Crippen molar-refractivity contribution in [3.05, 3.63) is 70.8 Å². The van der Waals surface area contributed by atoms with Crippen molar-refractivity contribution in [1.29, 1.82) is 0 Å². The number of alkyl halides is 6. The molecule has 35 heavy (non-hydrogen) atoms. The predicted molar refractivity (Wildman–Crippen MR) is 117 cm³/mol. The average molecular weight is 500 g/mol. The Labute approximate surface area is 199 Å². The third kappa shape index (κ3) is 6.15. The minimum atomic E-state index is -4.98. The van der Waals surface area contributed by atoms with Crippen LogP contribution in [0.4, 0.5) is 26.3 Å². The van der Waals surface area contributed by atoms with Gasteiger partial charge in [-0.25, -0.2) is 0 Å². The van der Waals surface area contributed by atoms with Gasteiger partial charge in [-0.05, 0) is 61.9 Å². The van der Waals surface area contributed by atoms with Crippen molar-refractivity contribution in [2.75, 3.05) is 0 Å². The van der Waals surface area contributed by atoms with Gasteiger partial charge in [0.1, 0.15) is 0 Å². The molecule has 190 valence electrons. The third-order valence-electron chi connectivity index (χ3n) is 6.47. The van der Waals surface area contributed by atoms with E-state index in [2.05, 4.69) is 10.6 Å². The zero-order chi connectivity index (χ0) is 26.0. The number of carbonyl (C=O) groups excluding carboxylic acids is 2. The molecule has 0 aromatic heterocycles. The zero-order valence-corrected chi connectivity index (χ0v) is 19.2. The van der Waals surface area contributed by atoms with Gasteiger partial charge in [0, 0.05) is 13.0 Å². The maximum absolute atomic E-state index is 13.6. The molecule has 2 N–H and O–H groups in total. The standard InChI is InChI=1S/C25H26F6N2O2/c1-15(17-12-19(24(26,27)28)14-20(13-17)25(29,30)31)32-22(35)23(18-6-4-3-5-7-18)10-8-21(9-11-23)33-16(2)34/h3-7,12-15,21H,8-11H2,1-2H3,(H,32,35)(H,33,34). The third-order valence-corrected chi connectivity index (χ3v) is 6.47. The molecule has 1 aliphatic rings. The molecular formula is C25H26F6N2O2. The van der Waals surface area contributed by atoms with E-state index in [9.17, 15) is 35.9 Å². The van der Waals surface area contributed by atoms with E-state index >= 15 is 0 Å². The van der Waals surface area contributed by atoms with Crippen molar-refractivity contribution >= 4 is 11.8 Å². The van der Waals surface area contributed by atoms with Crippen LogP contribution >= 0.6 is 0 Å². The first kappa shape index (κ1) is 26.6. The largest absolute Gasteiger partial charge is 0.416 e. The number of rotatable bonds is 5. The molecule has 0 aliphatic heterocycles. The number of amides is 2. The lowest BCUT2D eigenvalue weighted by molar-refractivity contribution is -0.143. The molecule has 0 spiro atoms. The van der Waals surface area contributed by atoms with E-state index < -0.39 is 40.8 Å². The quantitative estimate of drug-likeness (QED) is 0.501. The van der Waals surface area contributed by atoms with Crippen LogP contribution in [0, 0.1) is 0 Å². The molecule has 1 unspecified atom stereocenters. The highest BCUT2D eigenvalue weighted by Crippen LogP contribution is 2.41. The fourth-order valence-electron chi connectivity index (χ4n) is 4.59. The van der Waals surface area contributed by atoms with Crippen molar-refractivity contribution in [2.24, 2.45) is 0 Å². The Morgan fingerprint density at radius 3 is 1.89 bits per heavy atom. The normalized spacial score (nSPS) is 21.8. The van der Waals surface area contributed by atoms with E-state index in [1.165, 1.54) is 13.8 Å². The molecule has 2 aromatic rings. The van der Waals surface area contributed by atoms with Gasteiger partial charge in [0.2, 0.25) is 11.8 Å². The number of halogens is 6. The van der Waals surface area contributed by atoms with Gasteiger partial charge >= 0.3 is 12.4 Å². The fraction of sp³-hybridized carbons (Fsp3) is 0.440. The second kappa shape index (κ2) is 9.91. The van der Waals surface area contributed by atoms with Gasteiger partial charge in [0.15, 0.2) is 0 Å². The molecule has 10 heteroatoms. The van der Waals surface area contributed by atoms with Gasteiger partial charge in [-0.1, -0.05) is 30.3 Å². The van der Waals surface area contributed by atoms with E-state index in [1.54, 1.807) is 30.3 Å². The van der Waals surface area contributed by atoms with E-state index in [0.717, 1.165) is 0 Å². The molecule has 3 rings (SSSR count). The van der Waals surface area contributed by atoms with Gasteiger partial charge in [-0.2, -0.15) is 26.3 Å². The van der Waals surface area contributed by atoms with E-state index in [1.807, 2.05) is 0 Å². The molecular weight excluding hydrogens is 474 g/mol. The second-order valence-corrected chi connectivity index (χ2v) is 8.96. The van der Waals surface area contributed by atoms with Crippen molar-refractivity contribution in [3.8, 4) is 0 Å². The highest BCUT2D eigenvalue weighted by atomic mass is 19.4. The van der Waals surface area contributed by atoms with Crippen molar-refractivity contribution < 1.29 is 35.9 Å². The molecule has 1 fully saturated rings. The molecule has 4 nitrogen and oxygen atoms in total. The maximum atomic E-state index is 13.6. The van der Waals surface area contributed by atoms with Crippen LogP contribution in [0.15, 0.2) is 48.5 Å². The maximum Gasteiger partial charge on any atom is 0.416 e. The second-order valence-electron chi connectivity index (χ2n) is 8.96. The lowest BCUT2D eigenvalue weighted by atomic mass is 9.67. The number of carbonyl (C=O) groups is 2. The van der Waals surface area contributed by atoms with Crippen LogP contribution in [0.1, 0.15) is 67.8 Å². The van der Waals surface area contributed by atoms with Crippen molar-refractivity contribution in [1.82, 2.24) is 10.6 Å². The summed E-state index contributed by atoms with van der Waals surface area (Å²) in [4.78, 5) is 25.0. The van der Waals surface area contributed by atoms with Gasteiger partial charge in [-0.15, -0.1) is 0 Å².